The van der Waals surface area contributed by atoms with Crippen molar-refractivity contribution in [1.82, 2.24) is 24.8 Å². The van der Waals surface area contributed by atoms with E-state index >= 15 is 0 Å². The molecule has 0 saturated carbocycles. The van der Waals surface area contributed by atoms with Crippen molar-refractivity contribution in [2.75, 3.05) is 14.2 Å². The molecule has 2 aromatic heterocycles. The van der Waals surface area contributed by atoms with Gasteiger partial charge in [0, 0.05) is 25.9 Å². The minimum atomic E-state index is -0.528. The minimum Gasteiger partial charge on any atom is -0.464 e. The molecule has 0 radical (unpaired) electrons. The molecule has 0 aliphatic rings. The first-order valence-corrected chi connectivity index (χ1v) is 6.10. The Balaban J connectivity index is 2.48. The van der Waals surface area contributed by atoms with Crippen molar-refractivity contribution < 1.29 is 14.3 Å². The van der Waals surface area contributed by atoms with Crippen LogP contribution in [0.15, 0.2) is 12.4 Å². The Morgan fingerprint density at radius 1 is 1.45 bits per heavy atom. The van der Waals surface area contributed by atoms with Crippen molar-refractivity contribution >= 4 is 5.97 Å². The highest BCUT2D eigenvalue weighted by atomic mass is 16.5. The number of methoxy groups -OCH3 is 2. The van der Waals surface area contributed by atoms with E-state index in [-0.39, 0.29) is 11.8 Å². The Morgan fingerprint density at radius 2 is 2.20 bits per heavy atom. The van der Waals surface area contributed by atoms with Crippen LogP contribution in [0.5, 0.6) is 0 Å². The van der Waals surface area contributed by atoms with Gasteiger partial charge in [0.05, 0.1) is 26.0 Å². The number of rotatable bonds is 5. The maximum atomic E-state index is 11.8. The lowest BCUT2D eigenvalue weighted by molar-refractivity contribution is 0.0594. The molecule has 0 spiro atoms. The van der Waals surface area contributed by atoms with Gasteiger partial charge in [0.1, 0.15) is 5.69 Å². The number of aromatic nitrogens is 5. The number of hydrogen-bond donors (Lipinski definition) is 0. The molecule has 2 heterocycles. The van der Waals surface area contributed by atoms with E-state index in [4.69, 9.17) is 9.47 Å². The summed E-state index contributed by atoms with van der Waals surface area (Å²) in [6.45, 7) is 2.39. The summed E-state index contributed by atoms with van der Waals surface area (Å²) in [6.07, 6.45) is 3.38. The van der Waals surface area contributed by atoms with Crippen LogP contribution in [0.2, 0.25) is 0 Å². The molecule has 0 aromatic carbocycles. The molecule has 20 heavy (non-hydrogen) atoms. The third-order valence-electron chi connectivity index (χ3n) is 2.92. The predicted molar refractivity (Wildman–Crippen MR) is 70.0 cm³/mol. The van der Waals surface area contributed by atoms with E-state index in [0.717, 1.165) is 5.56 Å². The van der Waals surface area contributed by atoms with E-state index in [0.29, 0.717) is 12.2 Å². The fraction of sp³-hybridized carbons (Fsp3) is 0.500. The highest BCUT2D eigenvalue weighted by Crippen LogP contribution is 2.22. The molecular formula is C12H17N5O3. The van der Waals surface area contributed by atoms with Gasteiger partial charge in [-0.05, 0) is 6.92 Å². The van der Waals surface area contributed by atoms with Crippen molar-refractivity contribution in [2.45, 2.75) is 19.6 Å². The summed E-state index contributed by atoms with van der Waals surface area (Å²) in [5, 5.41) is 12.0. The number of aryl methyl sites for hydroxylation is 1. The van der Waals surface area contributed by atoms with E-state index in [1.165, 1.54) is 7.11 Å². The fourth-order valence-electron chi connectivity index (χ4n) is 1.82. The molecule has 0 amide bonds. The molecule has 0 N–H and O–H groups in total. The van der Waals surface area contributed by atoms with Gasteiger partial charge < -0.3 is 9.47 Å². The molecule has 8 heteroatoms. The summed E-state index contributed by atoms with van der Waals surface area (Å²) < 4.78 is 13.2. The molecule has 1 unspecified atom stereocenters. The van der Waals surface area contributed by atoms with Crippen LogP contribution in [0.25, 0.3) is 11.3 Å². The molecule has 0 bridgehead atoms. The summed E-state index contributed by atoms with van der Waals surface area (Å²) in [6, 6.07) is 0. The van der Waals surface area contributed by atoms with Gasteiger partial charge in [0.25, 0.3) is 0 Å². The minimum absolute atomic E-state index is 0.0578. The lowest BCUT2D eigenvalue weighted by Crippen LogP contribution is -2.17. The molecule has 1 atom stereocenters. The summed E-state index contributed by atoms with van der Waals surface area (Å²) in [7, 11) is 4.73. The van der Waals surface area contributed by atoms with Gasteiger partial charge >= 0.3 is 5.97 Å². The summed E-state index contributed by atoms with van der Waals surface area (Å²) >= 11 is 0. The maximum absolute atomic E-state index is 11.8. The van der Waals surface area contributed by atoms with Gasteiger partial charge in [-0.1, -0.05) is 5.21 Å². The Labute approximate surface area is 116 Å². The van der Waals surface area contributed by atoms with Crippen molar-refractivity contribution in [2.24, 2.45) is 7.05 Å². The van der Waals surface area contributed by atoms with E-state index in [1.54, 1.807) is 35.9 Å². The normalized spacial score (nSPS) is 12.4. The molecule has 2 aromatic rings. The number of ether oxygens (including phenoxy) is 2. The Morgan fingerprint density at radius 3 is 2.75 bits per heavy atom. The molecule has 8 nitrogen and oxygen atoms in total. The maximum Gasteiger partial charge on any atom is 0.360 e. The summed E-state index contributed by atoms with van der Waals surface area (Å²) in [4.78, 5) is 11.8. The van der Waals surface area contributed by atoms with Crippen LogP contribution in [-0.2, 0) is 23.1 Å². The molecule has 0 aliphatic carbocycles. The van der Waals surface area contributed by atoms with Crippen LogP contribution in [0, 0.1) is 0 Å². The lowest BCUT2D eigenvalue weighted by atomic mass is 10.2. The number of esters is 1. The Hall–Kier alpha value is -2.22. The van der Waals surface area contributed by atoms with Crippen LogP contribution in [-0.4, -0.2) is 51.1 Å². The van der Waals surface area contributed by atoms with E-state index < -0.39 is 5.97 Å². The lowest BCUT2D eigenvalue weighted by Gasteiger charge is -2.11. The van der Waals surface area contributed by atoms with Crippen LogP contribution in [0.4, 0.5) is 0 Å². The molecule has 0 fully saturated rings. The van der Waals surface area contributed by atoms with Gasteiger partial charge in [0.2, 0.25) is 0 Å². The van der Waals surface area contributed by atoms with Crippen molar-refractivity contribution in [3.63, 3.8) is 0 Å². The summed E-state index contributed by atoms with van der Waals surface area (Å²) in [5.74, 6) is -0.528. The van der Waals surface area contributed by atoms with Gasteiger partial charge in [-0.2, -0.15) is 5.10 Å². The second kappa shape index (κ2) is 5.83. The van der Waals surface area contributed by atoms with Crippen molar-refractivity contribution in [1.29, 1.82) is 0 Å². The van der Waals surface area contributed by atoms with Gasteiger partial charge in [-0.15, -0.1) is 5.10 Å². The van der Waals surface area contributed by atoms with Crippen molar-refractivity contribution in [3.05, 3.63) is 18.1 Å². The van der Waals surface area contributed by atoms with Gasteiger partial charge in [0.15, 0.2) is 5.69 Å². The molecule has 108 valence electrons. The Kier molecular flexibility index (Phi) is 4.14. The average Bonchev–Trinajstić information content (AvgIpc) is 3.03. The van der Waals surface area contributed by atoms with Crippen LogP contribution in [0.3, 0.4) is 0 Å². The van der Waals surface area contributed by atoms with E-state index in [1.807, 2.05) is 6.92 Å². The highest BCUT2D eigenvalue weighted by molar-refractivity contribution is 5.93. The van der Waals surface area contributed by atoms with Crippen LogP contribution >= 0.6 is 0 Å². The quantitative estimate of drug-likeness (QED) is 0.741. The number of carbonyl (C=O) groups excluding carboxylic acids is 1. The second-order valence-corrected chi connectivity index (χ2v) is 4.41. The number of carbonyl (C=O) groups is 1. The zero-order chi connectivity index (χ0) is 14.7. The zero-order valence-corrected chi connectivity index (χ0v) is 11.9. The first-order chi connectivity index (χ1) is 9.56. The van der Waals surface area contributed by atoms with Crippen LogP contribution in [0.1, 0.15) is 17.4 Å². The largest absolute Gasteiger partial charge is 0.464 e. The van der Waals surface area contributed by atoms with E-state index in [2.05, 4.69) is 15.4 Å². The summed E-state index contributed by atoms with van der Waals surface area (Å²) in [5.41, 5.74) is 1.50. The van der Waals surface area contributed by atoms with E-state index in [9.17, 15) is 4.79 Å². The van der Waals surface area contributed by atoms with Crippen molar-refractivity contribution in [3.8, 4) is 11.3 Å². The third kappa shape index (κ3) is 2.69. The smallest absolute Gasteiger partial charge is 0.360 e. The predicted octanol–water partition coefficient (Wildman–Crippen LogP) is 0.500. The van der Waals surface area contributed by atoms with Crippen LogP contribution < -0.4 is 0 Å². The SMILES string of the molecule is COC(=O)c1nnn(CC(C)OC)c1-c1cnn(C)c1. The molecule has 0 aliphatic heterocycles. The fourth-order valence-corrected chi connectivity index (χ4v) is 1.82. The number of hydrogen-bond acceptors (Lipinski definition) is 6. The highest BCUT2D eigenvalue weighted by Gasteiger charge is 2.23. The zero-order valence-electron chi connectivity index (χ0n) is 11.9. The molecule has 2 rings (SSSR count). The average molecular weight is 279 g/mol. The van der Waals surface area contributed by atoms with Gasteiger partial charge in [-0.3, -0.25) is 4.68 Å². The standard InChI is InChI=1S/C12H17N5O3/c1-8(19-3)6-17-11(9-5-13-16(2)7-9)10(14-15-17)12(18)20-4/h5,7-8H,6H2,1-4H3. The van der Waals surface area contributed by atoms with Gasteiger partial charge in [-0.25, -0.2) is 9.48 Å². The monoisotopic (exact) mass is 279 g/mol. The topological polar surface area (TPSA) is 84.1 Å². The molecular weight excluding hydrogens is 262 g/mol. The first-order valence-electron chi connectivity index (χ1n) is 6.10. The third-order valence-corrected chi connectivity index (χ3v) is 2.92. The molecule has 0 saturated heterocycles. The second-order valence-electron chi connectivity index (χ2n) is 4.41. The Bertz CT molecular complexity index is 604. The first kappa shape index (κ1) is 14.2. The number of nitrogens with zero attached hydrogens (tertiary/aromatic N) is 5.